The number of hydrogen-bond donors (Lipinski definition) is 2. The smallest absolute Gasteiger partial charge is 0.308 e. The fraction of sp³-hybridized carbons (Fsp3) is 0.273. The molecule has 2 N–H and O–H groups in total. The van der Waals surface area contributed by atoms with Gasteiger partial charge in [-0.25, -0.2) is 0 Å². The Morgan fingerprint density at radius 1 is 0.829 bits per heavy atom. The molecule has 0 radical (unpaired) electrons. The molecule has 0 saturated heterocycles. The van der Waals surface area contributed by atoms with Crippen molar-refractivity contribution in [3.8, 4) is 22.3 Å². The maximum atomic E-state index is 13.7. The molecule has 8 heteroatoms. The van der Waals surface area contributed by atoms with Gasteiger partial charge in [-0.15, -0.1) is 0 Å². The number of nitrogens with zero attached hydrogens (tertiary/aromatic N) is 2. The molecule has 0 spiro atoms. The van der Waals surface area contributed by atoms with Crippen molar-refractivity contribution in [3.63, 3.8) is 0 Å². The van der Waals surface area contributed by atoms with Crippen LogP contribution in [0.25, 0.3) is 22.3 Å². The Hall–Kier alpha value is -4.72. The predicted molar refractivity (Wildman–Crippen MR) is 158 cm³/mol. The maximum absolute atomic E-state index is 13.7. The molecular weight excluding hydrogens is 516 g/mol. The van der Waals surface area contributed by atoms with E-state index in [1.165, 1.54) is 7.05 Å². The van der Waals surface area contributed by atoms with Gasteiger partial charge in [0.2, 0.25) is 11.8 Å². The minimum Gasteiger partial charge on any atom is -0.461 e. The second kappa shape index (κ2) is 13.1. The monoisotopic (exact) mass is 552 g/mol. The van der Waals surface area contributed by atoms with E-state index >= 15 is 0 Å². The summed E-state index contributed by atoms with van der Waals surface area (Å²) in [5, 5.41) is 5.50. The number of carbonyl (C=O) groups is 3. The molecule has 2 amide bonds. The summed E-state index contributed by atoms with van der Waals surface area (Å²) < 4.78 is 7.20. The van der Waals surface area contributed by atoms with Crippen LogP contribution in [0.15, 0.2) is 97.6 Å². The van der Waals surface area contributed by atoms with Crippen LogP contribution in [0, 0.1) is 5.41 Å². The lowest BCUT2D eigenvalue weighted by atomic mass is 9.86. The summed E-state index contributed by atoms with van der Waals surface area (Å²) in [6.45, 7) is 5.73. The van der Waals surface area contributed by atoms with E-state index in [4.69, 9.17) is 4.74 Å². The molecule has 0 fully saturated rings. The standard InChI is InChI=1S/C33H36N4O4/c1-33(2,3)30(32(40)34-4)36-31(39)28(20-29(38)41-22-23-8-6-5-7-9-23)37-19-16-27(21-37)25-12-10-24(11-13-25)26-14-17-35-18-15-26/h5-19,21,28,30H,20,22H2,1-4H3,(H,34,40)(H,36,39)/t28?,30-/m1/s1. The zero-order valence-corrected chi connectivity index (χ0v) is 23.8. The number of benzene rings is 2. The highest BCUT2D eigenvalue weighted by atomic mass is 16.5. The number of pyridine rings is 1. The van der Waals surface area contributed by atoms with Crippen LogP contribution in [0.3, 0.4) is 0 Å². The fourth-order valence-corrected chi connectivity index (χ4v) is 4.52. The van der Waals surface area contributed by atoms with Crippen molar-refractivity contribution < 1.29 is 19.1 Å². The summed E-state index contributed by atoms with van der Waals surface area (Å²) in [6, 6.07) is 21.6. The first-order valence-electron chi connectivity index (χ1n) is 13.6. The molecule has 0 bridgehead atoms. The van der Waals surface area contributed by atoms with Crippen molar-refractivity contribution in [2.75, 3.05) is 7.05 Å². The van der Waals surface area contributed by atoms with E-state index in [0.717, 1.165) is 27.8 Å². The predicted octanol–water partition coefficient (Wildman–Crippen LogP) is 5.17. The van der Waals surface area contributed by atoms with Crippen LogP contribution in [0.4, 0.5) is 0 Å². The van der Waals surface area contributed by atoms with Crippen LogP contribution < -0.4 is 10.6 Å². The van der Waals surface area contributed by atoms with Crippen LogP contribution in [-0.4, -0.2) is 40.4 Å². The van der Waals surface area contributed by atoms with Crippen LogP contribution in [0.5, 0.6) is 0 Å². The summed E-state index contributed by atoms with van der Waals surface area (Å²) in [5.41, 5.74) is 4.29. The first kappa shape index (κ1) is 29.3. The molecule has 0 aliphatic rings. The Morgan fingerprint density at radius 2 is 1.44 bits per heavy atom. The van der Waals surface area contributed by atoms with E-state index in [-0.39, 0.29) is 18.9 Å². The molecule has 4 aromatic rings. The number of esters is 1. The largest absolute Gasteiger partial charge is 0.461 e. The Morgan fingerprint density at radius 3 is 2.05 bits per heavy atom. The van der Waals surface area contributed by atoms with Gasteiger partial charge in [0.15, 0.2) is 0 Å². The Kier molecular flexibility index (Phi) is 9.34. The molecule has 0 saturated carbocycles. The van der Waals surface area contributed by atoms with Gasteiger partial charge in [0, 0.05) is 31.8 Å². The summed E-state index contributed by atoms with van der Waals surface area (Å²) >= 11 is 0. The zero-order valence-electron chi connectivity index (χ0n) is 23.8. The normalized spacial score (nSPS) is 12.7. The summed E-state index contributed by atoms with van der Waals surface area (Å²) in [4.78, 5) is 43.3. The molecule has 4 rings (SSSR count). The molecule has 2 heterocycles. The third-order valence-corrected chi connectivity index (χ3v) is 6.87. The van der Waals surface area contributed by atoms with Gasteiger partial charge in [-0.1, -0.05) is 75.4 Å². The zero-order chi connectivity index (χ0) is 29.4. The van der Waals surface area contributed by atoms with Gasteiger partial charge in [-0.3, -0.25) is 19.4 Å². The quantitative estimate of drug-likeness (QED) is 0.264. The number of amides is 2. The first-order chi connectivity index (χ1) is 19.7. The molecule has 2 aromatic carbocycles. The number of rotatable bonds is 10. The average molecular weight is 553 g/mol. The number of likely N-dealkylation sites (N-methyl/N-ethyl adjacent to an activating group) is 1. The van der Waals surface area contributed by atoms with E-state index in [9.17, 15) is 14.4 Å². The number of ether oxygens (including phenoxy) is 1. The van der Waals surface area contributed by atoms with E-state index < -0.39 is 29.4 Å². The van der Waals surface area contributed by atoms with Crippen LogP contribution in [0.1, 0.15) is 38.8 Å². The van der Waals surface area contributed by atoms with Gasteiger partial charge >= 0.3 is 5.97 Å². The minimum atomic E-state index is -0.919. The van der Waals surface area contributed by atoms with Crippen molar-refractivity contribution in [2.45, 2.75) is 45.9 Å². The second-order valence-corrected chi connectivity index (χ2v) is 10.9. The highest BCUT2D eigenvalue weighted by Crippen LogP contribution is 2.27. The fourth-order valence-electron chi connectivity index (χ4n) is 4.52. The Labute approximate surface area is 240 Å². The Balaban J connectivity index is 1.57. The van der Waals surface area contributed by atoms with Crippen molar-refractivity contribution >= 4 is 17.8 Å². The van der Waals surface area contributed by atoms with Gasteiger partial charge in [0.05, 0.1) is 6.42 Å². The molecule has 2 aromatic heterocycles. The average Bonchev–Trinajstić information content (AvgIpc) is 3.47. The van der Waals surface area contributed by atoms with Crippen molar-refractivity contribution in [2.24, 2.45) is 5.41 Å². The molecule has 212 valence electrons. The number of carbonyl (C=O) groups excluding carboxylic acids is 3. The third-order valence-electron chi connectivity index (χ3n) is 6.87. The van der Waals surface area contributed by atoms with E-state index in [2.05, 4.69) is 15.6 Å². The molecule has 41 heavy (non-hydrogen) atoms. The third kappa shape index (κ3) is 7.69. The van der Waals surface area contributed by atoms with Crippen molar-refractivity contribution in [1.29, 1.82) is 0 Å². The van der Waals surface area contributed by atoms with Gasteiger partial charge in [-0.05, 0) is 51.4 Å². The van der Waals surface area contributed by atoms with Gasteiger partial charge in [-0.2, -0.15) is 0 Å². The molecule has 8 nitrogen and oxygen atoms in total. The maximum Gasteiger partial charge on any atom is 0.308 e. The first-order valence-corrected chi connectivity index (χ1v) is 13.6. The SMILES string of the molecule is CNC(=O)[C@@H](NC(=O)C(CC(=O)OCc1ccccc1)n1ccc(-c2ccc(-c3ccncc3)cc2)c1)C(C)(C)C. The number of nitrogens with one attached hydrogen (secondary N) is 2. The lowest BCUT2D eigenvalue weighted by Gasteiger charge is -2.31. The second-order valence-electron chi connectivity index (χ2n) is 10.9. The lowest BCUT2D eigenvalue weighted by molar-refractivity contribution is -0.148. The summed E-state index contributed by atoms with van der Waals surface area (Å²) in [7, 11) is 1.53. The van der Waals surface area contributed by atoms with Crippen LogP contribution >= 0.6 is 0 Å². The summed E-state index contributed by atoms with van der Waals surface area (Å²) in [6.07, 6.45) is 6.93. The molecular formula is C33H36N4O4. The Bertz CT molecular complexity index is 1460. The molecule has 0 aliphatic carbocycles. The van der Waals surface area contributed by atoms with E-state index in [1.54, 1.807) is 23.2 Å². The molecule has 1 unspecified atom stereocenters. The molecule has 0 aliphatic heterocycles. The van der Waals surface area contributed by atoms with Crippen LogP contribution in [-0.2, 0) is 25.7 Å². The minimum absolute atomic E-state index is 0.109. The number of aromatic nitrogens is 2. The lowest BCUT2D eigenvalue weighted by Crippen LogP contribution is -2.54. The van der Waals surface area contributed by atoms with Crippen LogP contribution in [0.2, 0.25) is 0 Å². The highest BCUT2D eigenvalue weighted by molar-refractivity contribution is 5.91. The van der Waals surface area contributed by atoms with Crippen molar-refractivity contribution in [3.05, 3.63) is 103 Å². The number of hydrogen-bond acceptors (Lipinski definition) is 5. The van der Waals surface area contributed by atoms with Gasteiger partial charge in [0.25, 0.3) is 0 Å². The van der Waals surface area contributed by atoms with E-state index in [1.807, 2.05) is 99.8 Å². The summed E-state index contributed by atoms with van der Waals surface area (Å²) in [5.74, 6) is -1.27. The van der Waals surface area contributed by atoms with Gasteiger partial charge in [0.1, 0.15) is 18.7 Å². The highest BCUT2D eigenvalue weighted by Gasteiger charge is 2.35. The van der Waals surface area contributed by atoms with E-state index in [0.29, 0.717) is 0 Å². The molecule has 2 atom stereocenters. The topological polar surface area (TPSA) is 102 Å². The van der Waals surface area contributed by atoms with Gasteiger partial charge < -0.3 is 19.9 Å². The van der Waals surface area contributed by atoms with Crippen molar-refractivity contribution in [1.82, 2.24) is 20.2 Å².